The van der Waals surface area contributed by atoms with Crippen molar-refractivity contribution in [2.24, 2.45) is 0 Å². The SMILES string of the molecule is Cc1oc(-c2ccccc2)nc1CCOc1ccc(C[C@@H]2SC(=O)NC2=O)cc1. The zero-order valence-corrected chi connectivity index (χ0v) is 16.7. The van der Waals surface area contributed by atoms with E-state index in [0.29, 0.717) is 25.3 Å². The lowest BCUT2D eigenvalue weighted by atomic mass is 10.1. The molecule has 2 heterocycles. The van der Waals surface area contributed by atoms with E-state index in [1.807, 2.05) is 61.5 Å². The predicted octanol–water partition coefficient (Wildman–Crippen LogP) is 4.17. The number of benzene rings is 2. The highest BCUT2D eigenvalue weighted by molar-refractivity contribution is 8.15. The molecule has 1 aliphatic heterocycles. The van der Waals surface area contributed by atoms with E-state index in [9.17, 15) is 9.59 Å². The van der Waals surface area contributed by atoms with E-state index in [4.69, 9.17) is 9.15 Å². The van der Waals surface area contributed by atoms with Gasteiger partial charge >= 0.3 is 0 Å². The molecule has 4 rings (SSSR count). The Kier molecular flexibility index (Phi) is 5.67. The molecule has 0 saturated carbocycles. The summed E-state index contributed by atoms with van der Waals surface area (Å²) in [5, 5.41) is 1.67. The number of oxazole rings is 1. The van der Waals surface area contributed by atoms with E-state index in [0.717, 1.165) is 40.1 Å². The predicted molar refractivity (Wildman–Crippen MR) is 111 cm³/mol. The lowest BCUT2D eigenvalue weighted by Gasteiger charge is -2.08. The fourth-order valence-electron chi connectivity index (χ4n) is 3.09. The van der Waals surface area contributed by atoms with Gasteiger partial charge in [0.2, 0.25) is 11.8 Å². The van der Waals surface area contributed by atoms with Crippen LogP contribution in [0.25, 0.3) is 11.5 Å². The molecule has 2 amide bonds. The molecule has 0 aliphatic carbocycles. The molecule has 6 nitrogen and oxygen atoms in total. The first-order valence-electron chi connectivity index (χ1n) is 9.33. The van der Waals surface area contributed by atoms with Gasteiger partial charge in [-0.15, -0.1) is 0 Å². The molecule has 0 bridgehead atoms. The van der Waals surface area contributed by atoms with Gasteiger partial charge in [0, 0.05) is 12.0 Å². The second-order valence-corrected chi connectivity index (χ2v) is 7.89. The lowest BCUT2D eigenvalue weighted by molar-refractivity contribution is -0.118. The highest BCUT2D eigenvalue weighted by Crippen LogP contribution is 2.24. The van der Waals surface area contributed by atoms with Gasteiger partial charge in [0.05, 0.1) is 17.6 Å². The monoisotopic (exact) mass is 408 g/mol. The molecule has 1 saturated heterocycles. The van der Waals surface area contributed by atoms with Crippen LogP contribution in [0, 0.1) is 6.92 Å². The fourth-order valence-corrected chi connectivity index (χ4v) is 3.95. The van der Waals surface area contributed by atoms with Gasteiger partial charge in [0.15, 0.2) is 0 Å². The quantitative estimate of drug-likeness (QED) is 0.632. The molecule has 0 spiro atoms. The molecule has 0 unspecified atom stereocenters. The summed E-state index contributed by atoms with van der Waals surface area (Å²) in [6.45, 7) is 2.39. The minimum Gasteiger partial charge on any atom is -0.493 e. The summed E-state index contributed by atoms with van der Waals surface area (Å²) in [6.07, 6.45) is 1.16. The van der Waals surface area contributed by atoms with Crippen molar-refractivity contribution in [1.82, 2.24) is 10.3 Å². The molecule has 1 atom stereocenters. The lowest BCUT2D eigenvalue weighted by Crippen LogP contribution is -2.25. The van der Waals surface area contributed by atoms with E-state index in [1.54, 1.807) is 0 Å². The van der Waals surface area contributed by atoms with Crippen LogP contribution in [0.5, 0.6) is 5.75 Å². The number of ether oxygens (including phenoxy) is 1. The number of amides is 2. The van der Waals surface area contributed by atoms with Crippen molar-refractivity contribution in [2.75, 3.05) is 6.61 Å². The fraction of sp³-hybridized carbons (Fsp3) is 0.227. The highest BCUT2D eigenvalue weighted by atomic mass is 32.2. The molecular formula is C22H20N2O4S. The zero-order valence-electron chi connectivity index (χ0n) is 15.9. The van der Waals surface area contributed by atoms with E-state index < -0.39 is 0 Å². The number of carbonyl (C=O) groups excluding carboxylic acids is 2. The van der Waals surface area contributed by atoms with Crippen LogP contribution in [0.15, 0.2) is 59.0 Å². The minimum absolute atomic E-state index is 0.224. The van der Waals surface area contributed by atoms with Gasteiger partial charge in [-0.05, 0) is 43.2 Å². The minimum atomic E-state index is -0.358. The Morgan fingerprint density at radius 3 is 2.55 bits per heavy atom. The first-order chi connectivity index (χ1) is 14.1. The van der Waals surface area contributed by atoms with Crippen LogP contribution in [0.4, 0.5) is 4.79 Å². The van der Waals surface area contributed by atoms with Gasteiger partial charge in [-0.1, -0.05) is 42.1 Å². The Morgan fingerprint density at radius 1 is 1.10 bits per heavy atom. The first kappa shape index (κ1) is 19.3. The van der Waals surface area contributed by atoms with Gasteiger partial charge in [-0.25, -0.2) is 4.98 Å². The zero-order chi connectivity index (χ0) is 20.2. The maximum atomic E-state index is 11.7. The molecule has 1 N–H and O–H groups in total. The van der Waals surface area contributed by atoms with E-state index in [2.05, 4.69) is 10.3 Å². The maximum Gasteiger partial charge on any atom is 0.286 e. The Morgan fingerprint density at radius 2 is 1.86 bits per heavy atom. The van der Waals surface area contributed by atoms with Crippen LogP contribution in [-0.4, -0.2) is 28.0 Å². The van der Waals surface area contributed by atoms with Crippen LogP contribution >= 0.6 is 11.8 Å². The normalized spacial score (nSPS) is 16.1. The van der Waals surface area contributed by atoms with Gasteiger partial charge in [-0.3, -0.25) is 14.9 Å². The number of rotatable bonds is 7. The van der Waals surface area contributed by atoms with Crippen molar-refractivity contribution in [2.45, 2.75) is 25.0 Å². The molecule has 2 aromatic carbocycles. The largest absolute Gasteiger partial charge is 0.493 e. The van der Waals surface area contributed by atoms with Crippen molar-refractivity contribution >= 4 is 22.9 Å². The Labute approximate surface area is 172 Å². The number of aryl methyl sites for hydroxylation is 1. The number of thioether (sulfide) groups is 1. The summed E-state index contributed by atoms with van der Waals surface area (Å²) >= 11 is 1.04. The second-order valence-electron chi connectivity index (χ2n) is 6.72. The molecule has 29 heavy (non-hydrogen) atoms. The first-order valence-corrected chi connectivity index (χ1v) is 10.2. The number of hydrogen-bond acceptors (Lipinski definition) is 6. The molecule has 1 fully saturated rings. The van der Waals surface area contributed by atoms with Crippen LogP contribution in [0.2, 0.25) is 0 Å². The molecular weight excluding hydrogens is 388 g/mol. The second kappa shape index (κ2) is 8.53. The smallest absolute Gasteiger partial charge is 0.286 e. The Hall–Kier alpha value is -3.06. The Balaban J connectivity index is 1.30. The number of imide groups is 1. The number of carbonyl (C=O) groups is 2. The van der Waals surface area contributed by atoms with Crippen molar-refractivity contribution < 1.29 is 18.7 Å². The topological polar surface area (TPSA) is 81.4 Å². The van der Waals surface area contributed by atoms with Crippen molar-refractivity contribution in [3.8, 4) is 17.2 Å². The van der Waals surface area contributed by atoms with Crippen LogP contribution in [-0.2, 0) is 17.6 Å². The van der Waals surface area contributed by atoms with Gasteiger partial charge < -0.3 is 9.15 Å². The van der Waals surface area contributed by atoms with Gasteiger partial charge in [0.25, 0.3) is 5.24 Å². The van der Waals surface area contributed by atoms with E-state index >= 15 is 0 Å². The molecule has 148 valence electrons. The Bertz CT molecular complexity index is 1020. The standard InChI is InChI=1S/C22H20N2O4S/c1-14-18(23-21(28-14)16-5-3-2-4-6-16)11-12-27-17-9-7-15(8-10-17)13-19-20(25)24-22(26)29-19/h2-10,19H,11-13H2,1H3,(H,24,25,26)/t19-/m0/s1. The van der Waals surface area contributed by atoms with Crippen LogP contribution in [0.1, 0.15) is 17.0 Å². The summed E-state index contributed by atoms with van der Waals surface area (Å²) in [7, 11) is 0. The average Bonchev–Trinajstić information content (AvgIpc) is 3.25. The average molecular weight is 408 g/mol. The van der Waals surface area contributed by atoms with E-state index in [-0.39, 0.29) is 16.4 Å². The number of hydrogen-bond donors (Lipinski definition) is 1. The summed E-state index contributed by atoms with van der Waals surface area (Å²) in [6, 6.07) is 17.4. The van der Waals surface area contributed by atoms with Crippen molar-refractivity contribution in [3.63, 3.8) is 0 Å². The number of aromatic nitrogens is 1. The third-order valence-corrected chi connectivity index (χ3v) is 5.61. The van der Waals surface area contributed by atoms with E-state index in [1.165, 1.54) is 0 Å². The van der Waals surface area contributed by atoms with Crippen molar-refractivity contribution in [3.05, 3.63) is 71.6 Å². The van der Waals surface area contributed by atoms with Crippen LogP contribution in [0.3, 0.4) is 0 Å². The number of nitrogens with zero attached hydrogens (tertiary/aromatic N) is 1. The molecule has 1 aliphatic rings. The van der Waals surface area contributed by atoms with Gasteiger partial charge in [-0.2, -0.15) is 0 Å². The highest BCUT2D eigenvalue weighted by Gasteiger charge is 2.31. The summed E-state index contributed by atoms with van der Waals surface area (Å²) < 4.78 is 11.6. The van der Waals surface area contributed by atoms with Crippen molar-refractivity contribution in [1.29, 1.82) is 0 Å². The molecule has 3 aromatic rings. The molecule has 1 aromatic heterocycles. The summed E-state index contributed by atoms with van der Waals surface area (Å²) in [4.78, 5) is 27.5. The summed E-state index contributed by atoms with van der Waals surface area (Å²) in [5.74, 6) is 1.94. The maximum absolute atomic E-state index is 11.7. The summed E-state index contributed by atoms with van der Waals surface area (Å²) in [5.41, 5.74) is 2.82. The van der Waals surface area contributed by atoms with Gasteiger partial charge in [0.1, 0.15) is 11.5 Å². The molecule has 7 heteroatoms. The van der Waals surface area contributed by atoms with Crippen LogP contribution < -0.4 is 10.1 Å². The third kappa shape index (κ3) is 4.68. The number of nitrogens with one attached hydrogen (secondary N) is 1. The third-order valence-electron chi connectivity index (χ3n) is 4.63. The molecule has 0 radical (unpaired) electrons.